The number of methoxy groups -OCH3 is 2. The van der Waals surface area contributed by atoms with Gasteiger partial charge < -0.3 is 14.8 Å². The van der Waals surface area contributed by atoms with Gasteiger partial charge in [-0.05, 0) is 30.2 Å². The summed E-state index contributed by atoms with van der Waals surface area (Å²) < 4.78 is 10.3. The highest BCUT2D eigenvalue weighted by Crippen LogP contribution is 2.28. The van der Waals surface area contributed by atoms with Crippen LogP contribution in [0, 0.1) is 0 Å². The third kappa shape index (κ3) is 4.01. The van der Waals surface area contributed by atoms with Crippen molar-refractivity contribution in [1.82, 2.24) is 5.32 Å². The molecule has 1 heterocycles. The van der Waals surface area contributed by atoms with Crippen LogP contribution in [-0.4, -0.2) is 37.0 Å². The number of hydrogen-bond acceptors (Lipinski definition) is 5. The van der Waals surface area contributed by atoms with E-state index >= 15 is 0 Å². The summed E-state index contributed by atoms with van der Waals surface area (Å²) in [7, 11) is 3.12. The van der Waals surface area contributed by atoms with Crippen molar-refractivity contribution >= 4 is 28.9 Å². The van der Waals surface area contributed by atoms with Crippen molar-refractivity contribution in [3.63, 3.8) is 0 Å². The van der Waals surface area contributed by atoms with Crippen LogP contribution in [0.3, 0.4) is 0 Å². The summed E-state index contributed by atoms with van der Waals surface area (Å²) in [6, 6.07) is 5.01. The Morgan fingerprint density at radius 1 is 1.33 bits per heavy atom. The summed E-state index contributed by atoms with van der Waals surface area (Å²) in [5.74, 6) is 1.73. The molecule has 21 heavy (non-hydrogen) atoms. The molecule has 1 aromatic carbocycles. The molecule has 1 atom stereocenters. The minimum Gasteiger partial charge on any atom is -0.493 e. The van der Waals surface area contributed by atoms with Crippen molar-refractivity contribution in [1.29, 1.82) is 0 Å². The van der Waals surface area contributed by atoms with Gasteiger partial charge >= 0.3 is 0 Å². The first-order valence-electron chi connectivity index (χ1n) is 6.51. The van der Waals surface area contributed by atoms with Gasteiger partial charge in [0.15, 0.2) is 11.5 Å². The molecule has 1 saturated heterocycles. The summed E-state index contributed by atoms with van der Waals surface area (Å²) >= 11 is 1.26. The van der Waals surface area contributed by atoms with Crippen LogP contribution < -0.4 is 14.8 Å². The summed E-state index contributed by atoms with van der Waals surface area (Å²) in [5.41, 5.74) is 0.815. The lowest BCUT2D eigenvalue weighted by molar-refractivity contribution is -0.120. The maximum Gasteiger partial charge on any atom is 0.244 e. The minimum absolute atomic E-state index is 0.0304. The van der Waals surface area contributed by atoms with Crippen LogP contribution >= 0.6 is 11.8 Å². The Bertz CT molecular complexity index is 571. The van der Waals surface area contributed by atoms with Gasteiger partial charge in [-0.3, -0.25) is 9.59 Å². The Labute approximate surface area is 127 Å². The Morgan fingerprint density at radius 2 is 2.10 bits per heavy atom. The third-order valence-electron chi connectivity index (χ3n) is 3.09. The highest BCUT2D eigenvalue weighted by Gasteiger charge is 2.25. The second-order valence-electron chi connectivity index (χ2n) is 4.47. The molecule has 1 N–H and O–H groups in total. The van der Waals surface area contributed by atoms with Crippen LogP contribution in [0.1, 0.15) is 12.0 Å². The maximum absolute atomic E-state index is 11.8. The van der Waals surface area contributed by atoms with E-state index in [0.717, 1.165) is 11.3 Å². The largest absolute Gasteiger partial charge is 0.493 e. The van der Waals surface area contributed by atoms with E-state index < -0.39 is 0 Å². The van der Waals surface area contributed by atoms with Gasteiger partial charge in [-0.1, -0.05) is 17.8 Å². The average Bonchev–Trinajstić information content (AvgIpc) is 2.90. The van der Waals surface area contributed by atoms with Crippen molar-refractivity contribution in [2.75, 3.05) is 20.0 Å². The molecule has 0 spiro atoms. The van der Waals surface area contributed by atoms with E-state index in [9.17, 15) is 9.59 Å². The van der Waals surface area contributed by atoms with Crippen molar-refractivity contribution in [2.24, 2.45) is 0 Å². The number of carbonyl (C=O) groups is 2. The molecule has 0 bridgehead atoms. The second kappa shape index (κ2) is 7.17. The van der Waals surface area contributed by atoms with Crippen LogP contribution in [0.15, 0.2) is 24.3 Å². The van der Waals surface area contributed by atoms with E-state index in [0.29, 0.717) is 17.9 Å². The molecule has 5 nitrogen and oxygen atoms in total. The van der Waals surface area contributed by atoms with E-state index in [2.05, 4.69) is 5.32 Å². The highest BCUT2D eigenvalue weighted by atomic mass is 32.2. The van der Waals surface area contributed by atoms with Crippen LogP contribution in [0.25, 0.3) is 6.08 Å². The molecule has 2 rings (SSSR count). The Balaban J connectivity index is 2.00. The average molecular weight is 307 g/mol. The maximum atomic E-state index is 11.8. The highest BCUT2D eigenvalue weighted by molar-refractivity contribution is 8.14. The summed E-state index contributed by atoms with van der Waals surface area (Å²) in [6.45, 7) is 0. The quantitative estimate of drug-likeness (QED) is 0.841. The molecule has 0 aromatic heterocycles. The van der Waals surface area contributed by atoms with Crippen LogP contribution in [0.4, 0.5) is 0 Å². The smallest absolute Gasteiger partial charge is 0.244 e. The van der Waals surface area contributed by atoms with Gasteiger partial charge in [-0.2, -0.15) is 0 Å². The summed E-state index contributed by atoms with van der Waals surface area (Å²) in [6.07, 6.45) is 3.78. The van der Waals surface area contributed by atoms with E-state index in [-0.39, 0.29) is 17.1 Å². The van der Waals surface area contributed by atoms with Crippen LogP contribution in [0.5, 0.6) is 11.5 Å². The molecule has 1 amide bonds. The van der Waals surface area contributed by atoms with Gasteiger partial charge in [-0.25, -0.2) is 0 Å². The number of ether oxygens (including phenoxy) is 2. The fourth-order valence-electron chi connectivity index (χ4n) is 1.98. The molecule has 1 aromatic rings. The molecule has 112 valence electrons. The number of nitrogens with one attached hydrogen (secondary N) is 1. The van der Waals surface area contributed by atoms with Gasteiger partial charge in [0.2, 0.25) is 11.0 Å². The zero-order valence-corrected chi connectivity index (χ0v) is 12.7. The van der Waals surface area contributed by atoms with Gasteiger partial charge in [0.25, 0.3) is 0 Å². The standard InChI is InChI=1S/C15H17NO4S/c1-19-12-5-3-10(9-13(12)20-2)4-6-14(17)16-11-7-8-21-15(11)18/h3-6,9,11H,7-8H2,1-2H3,(H,16,17)/b6-4+. The Morgan fingerprint density at radius 3 is 2.71 bits per heavy atom. The molecular weight excluding hydrogens is 290 g/mol. The van der Waals surface area contributed by atoms with Crippen molar-refractivity contribution in [3.8, 4) is 11.5 Å². The first kappa shape index (κ1) is 15.4. The fourth-order valence-corrected chi connectivity index (χ4v) is 2.91. The first-order chi connectivity index (χ1) is 10.1. The number of rotatable bonds is 5. The third-order valence-corrected chi connectivity index (χ3v) is 4.10. The molecule has 6 heteroatoms. The van der Waals surface area contributed by atoms with Crippen LogP contribution in [-0.2, 0) is 9.59 Å². The normalized spacial score (nSPS) is 18.0. The van der Waals surface area contributed by atoms with Crippen LogP contribution in [0.2, 0.25) is 0 Å². The minimum atomic E-state index is -0.363. The number of thioether (sulfide) groups is 1. The predicted octanol–water partition coefficient (Wildman–Crippen LogP) is 1.87. The SMILES string of the molecule is COc1ccc(/C=C/C(=O)NC2CCSC2=O)cc1OC. The molecule has 1 unspecified atom stereocenters. The van der Waals surface area contributed by atoms with Gasteiger partial charge in [0.1, 0.15) is 0 Å². The van der Waals surface area contributed by atoms with Gasteiger partial charge in [-0.15, -0.1) is 0 Å². The second-order valence-corrected chi connectivity index (χ2v) is 5.56. The van der Waals surface area contributed by atoms with Gasteiger partial charge in [0.05, 0.1) is 20.3 Å². The molecule has 1 fully saturated rings. The van der Waals surface area contributed by atoms with Gasteiger partial charge in [0, 0.05) is 11.8 Å². The van der Waals surface area contributed by atoms with Crippen molar-refractivity contribution < 1.29 is 19.1 Å². The number of benzene rings is 1. The fraction of sp³-hybridized carbons (Fsp3) is 0.333. The molecule has 1 aliphatic heterocycles. The predicted molar refractivity (Wildman–Crippen MR) is 82.6 cm³/mol. The first-order valence-corrected chi connectivity index (χ1v) is 7.50. The lowest BCUT2D eigenvalue weighted by Crippen LogP contribution is -2.35. The lowest BCUT2D eigenvalue weighted by atomic mass is 10.2. The number of hydrogen-bond donors (Lipinski definition) is 1. The Kier molecular flexibility index (Phi) is 5.27. The van der Waals surface area contributed by atoms with Crippen molar-refractivity contribution in [3.05, 3.63) is 29.8 Å². The van der Waals surface area contributed by atoms with E-state index in [1.54, 1.807) is 32.4 Å². The van der Waals surface area contributed by atoms with E-state index in [1.165, 1.54) is 17.8 Å². The van der Waals surface area contributed by atoms with E-state index in [4.69, 9.17) is 9.47 Å². The lowest BCUT2D eigenvalue weighted by Gasteiger charge is -2.08. The number of amides is 1. The van der Waals surface area contributed by atoms with E-state index in [1.807, 2.05) is 6.07 Å². The molecule has 0 saturated carbocycles. The zero-order chi connectivity index (χ0) is 15.2. The van der Waals surface area contributed by atoms with Crippen molar-refractivity contribution in [2.45, 2.75) is 12.5 Å². The summed E-state index contributed by atoms with van der Waals surface area (Å²) in [5, 5.41) is 2.73. The Hall–Kier alpha value is -1.95. The zero-order valence-electron chi connectivity index (χ0n) is 11.9. The number of carbonyl (C=O) groups excluding carboxylic acids is 2. The molecule has 0 aliphatic carbocycles. The monoisotopic (exact) mass is 307 g/mol. The molecule has 0 radical (unpaired) electrons. The molecule has 1 aliphatic rings. The molecular formula is C15H17NO4S. The summed E-state index contributed by atoms with van der Waals surface area (Å²) in [4.78, 5) is 23.2. The topological polar surface area (TPSA) is 64.6 Å².